The minimum atomic E-state index is -4.49. The maximum absolute atomic E-state index is 13.0. The number of alkyl halides is 3. The van der Waals surface area contributed by atoms with Crippen molar-refractivity contribution in [2.75, 3.05) is 6.54 Å². The van der Waals surface area contributed by atoms with E-state index in [-0.39, 0.29) is 18.5 Å². The number of carbonyl (C=O) groups is 1. The molecule has 0 spiro atoms. The highest BCUT2D eigenvalue weighted by atomic mass is 19.4. The van der Waals surface area contributed by atoms with E-state index in [1.54, 1.807) is 0 Å². The van der Waals surface area contributed by atoms with Crippen LogP contribution >= 0.6 is 0 Å². The van der Waals surface area contributed by atoms with Crippen LogP contribution in [-0.2, 0) is 11.0 Å². The van der Waals surface area contributed by atoms with Gasteiger partial charge in [-0.05, 0) is 24.1 Å². The highest BCUT2D eigenvalue weighted by molar-refractivity contribution is 5.87. The zero-order chi connectivity index (χ0) is 14.9. The number of aliphatic hydroxyl groups is 1. The topological polar surface area (TPSA) is 40.5 Å². The average molecular weight is 285 g/mol. The van der Waals surface area contributed by atoms with Crippen LogP contribution in [0.4, 0.5) is 13.2 Å². The molecule has 1 amide bonds. The van der Waals surface area contributed by atoms with Gasteiger partial charge in [0.05, 0.1) is 17.7 Å². The summed E-state index contributed by atoms with van der Waals surface area (Å²) in [6, 6.07) is 4.34. The third kappa shape index (κ3) is 2.70. The van der Waals surface area contributed by atoms with Gasteiger partial charge in [-0.2, -0.15) is 13.2 Å². The first kappa shape index (κ1) is 14.6. The molecule has 0 aliphatic carbocycles. The van der Waals surface area contributed by atoms with Crippen LogP contribution in [0.1, 0.15) is 23.6 Å². The van der Waals surface area contributed by atoms with Gasteiger partial charge < -0.3 is 10.0 Å². The largest absolute Gasteiger partial charge is 0.416 e. The van der Waals surface area contributed by atoms with Gasteiger partial charge in [0.1, 0.15) is 0 Å². The summed E-state index contributed by atoms with van der Waals surface area (Å²) in [5, 5.41) is 9.66. The number of benzene rings is 1. The van der Waals surface area contributed by atoms with E-state index in [4.69, 9.17) is 0 Å². The molecular formula is C14H14F3NO2. The second kappa shape index (κ2) is 5.28. The molecule has 0 bridgehead atoms. The second-order valence-corrected chi connectivity index (χ2v) is 4.69. The first-order valence-electron chi connectivity index (χ1n) is 6.11. The van der Waals surface area contributed by atoms with Gasteiger partial charge in [0.15, 0.2) is 0 Å². The normalized spacial score (nSPS) is 22.9. The Hall–Kier alpha value is -1.82. The third-order valence-electron chi connectivity index (χ3n) is 3.36. The smallest absolute Gasteiger partial charge is 0.391 e. The summed E-state index contributed by atoms with van der Waals surface area (Å²) < 4.78 is 39.1. The van der Waals surface area contributed by atoms with Gasteiger partial charge in [-0.3, -0.25) is 4.79 Å². The third-order valence-corrected chi connectivity index (χ3v) is 3.36. The number of rotatable bonds is 2. The van der Waals surface area contributed by atoms with Crippen molar-refractivity contribution in [1.29, 1.82) is 0 Å². The number of nitrogens with zero attached hydrogens (tertiary/aromatic N) is 1. The molecule has 1 aliphatic rings. The number of aliphatic hydroxyl groups excluding tert-OH is 1. The molecule has 1 saturated heterocycles. The maximum atomic E-state index is 13.0. The summed E-state index contributed by atoms with van der Waals surface area (Å²) in [6.45, 7) is 3.35. The number of carbonyl (C=O) groups excluding carboxylic acids is 1. The summed E-state index contributed by atoms with van der Waals surface area (Å²) in [4.78, 5) is 12.9. The lowest BCUT2D eigenvalue weighted by Gasteiger charge is -2.26. The number of likely N-dealkylation sites (tertiary alicyclic amines) is 1. The van der Waals surface area contributed by atoms with E-state index in [9.17, 15) is 23.1 Å². The van der Waals surface area contributed by atoms with Gasteiger partial charge >= 0.3 is 6.18 Å². The fraction of sp³-hybridized carbons (Fsp3) is 0.357. The molecule has 0 radical (unpaired) electrons. The highest BCUT2D eigenvalue weighted by Crippen LogP contribution is 2.40. The maximum Gasteiger partial charge on any atom is 0.416 e. The quantitative estimate of drug-likeness (QED) is 0.848. The Morgan fingerprint density at radius 3 is 2.65 bits per heavy atom. The highest BCUT2D eigenvalue weighted by Gasteiger charge is 2.40. The standard InChI is InChI=1S/C14H14F3NO2/c1-2-13(20)18-8-9(19)7-12(18)10-5-3-4-6-11(10)14(15,16)17/h2-6,9,12,19H,1,7-8H2. The Morgan fingerprint density at radius 1 is 1.40 bits per heavy atom. The van der Waals surface area contributed by atoms with Gasteiger partial charge in [-0.1, -0.05) is 24.8 Å². The van der Waals surface area contributed by atoms with E-state index in [0.29, 0.717) is 0 Å². The van der Waals surface area contributed by atoms with Crippen LogP contribution in [0, 0.1) is 0 Å². The summed E-state index contributed by atoms with van der Waals surface area (Å²) in [6.07, 6.45) is -4.19. The van der Waals surface area contributed by atoms with Gasteiger partial charge in [0.25, 0.3) is 0 Å². The van der Waals surface area contributed by atoms with E-state index in [1.165, 1.54) is 23.1 Å². The lowest BCUT2D eigenvalue weighted by molar-refractivity contribution is -0.139. The summed E-state index contributed by atoms with van der Waals surface area (Å²) in [7, 11) is 0. The Bertz CT molecular complexity index is 527. The zero-order valence-electron chi connectivity index (χ0n) is 10.6. The van der Waals surface area contributed by atoms with Crippen molar-refractivity contribution < 1.29 is 23.1 Å². The van der Waals surface area contributed by atoms with E-state index >= 15 is 0 Å². The fourth-order valence-electron chi connectivity index (χ4n) is 2.52. The Kier molecular flexibility index (Phi) is 3.85. The predicted octanol–water partition coefficient (Wildman–Crippen LogP) is 2.53. The molecule has 1 N–H and O–H groups in total. The molecule has 20 heavy (non-hydrogen) atoms. The number of hydrogen-bond donors (Lipinski definition) is 1. The minimum absolute atomic E-state index is 0.00625. The van der Waals surface area contributed by atoms with Gasteiger partial charge in [-0.15, -0.1) is 0 Å². The monoisotopic (exact) mass is 285 g/mol. The second-order valence-electron chi connectivity index (χ2n) is 4.69. The molecule has 0 aromatic heterocycles. The molecule has 6 heteroatoms. The SMILES string of the molecule is C=CC(=O)N1CC(O)CC1c1ccccc1C(F)(F)F. The molecule has 1 aliphatic heterocycles. The Labute approximate surface area is 114 Å². The first-order valence-corrected chi connectivity index (χ1v) is 6.11. The molecule has 3 nitrogen and oxygen atoms in total. The van der Waals surface area contributed by atoms with Crippen LogP contribution in [-0.4, -0.2) is 28.6 Å². The van der Waals surface area contributed by atoms with Gasteiger partial charge in [0.2, 0.25) is 5.91 Å². The van der Waals surface area contributed by atoms with Crippen molar-refractivity contribution in [3.05, 3.63) is 48.0 Å². The van der Waals surface area contributed by atoms with E-state index < -0.39 is 29.8 Å². The van der Waals surface area contributed by atoms with Gasteiger partial charge in [-0.25, -0.2) is 0 Å². The van der Waals surface area contributed by atoms with E-state index in [1.807, 2.05) is 0 Å². The van der Waals surface area contributed by atoms with E-state index in [2.05, 4.69) is 6.58 Å². The zero-order valence-corrected chi connectivity index (χ0v) is 10.6. The van der Waals surface area contributed by atoms with Crippen LogP contribution in [0.15, 0.2) is 36.9 Å². The van der Waals surface area contributed by atoms with Crippen molar-refractivity contribution in [1.82, 2.24) is 4.90 Å². The molecular weight excluding hydrogens is 271 g/mol. The van der Waals surface area contributed by atoms with Crippen molar-refractivity contribution in [3.63, 3.8) is 0 Å². The molecule has 2 atom stereocenters. The Balaban J connectivity index is 2.44. The Morgan fingerprint density at radius 2 is 2.05 bits per heavy atom. The number of halogens is 3. The molecule has 0 saturated carbocycles. The van der Waals surface area contributed by atoms with Crippen LogP contribution in [0.25, 0.3) is 0 Å². The lowest BCUT2D eigenvalue weighted by Crippen LogP contribution is -2.31. The average Bonchev–Trinajstić information content (AvgIpc) is 2.79. The number of hydrogen-bond acceptors (Lipinski definition) is 2. The van der Waals surface area contributed by atoms with Crippen molar-refractivity contribution in [2.45, 2.75) is 24.7 Å². The molecule has 1 aromatic carbocycles. The molecule has 1 aromatic rings. The lowest BCUT2D eigenvalue weighted by atomic mass is 9.97. The molecule has 1 fully saturated rings. The summed E-state index contributed by atoms with van der Waals surface area (Å²) >= 11 is 0. The molecule has 2 unspecified atom stereocenters. The minimum Gasteiger partial charge on any atom is -0.391 e. The van der Waals surface area contributed by atoms with Crippen LogP contribution in [0.5, 0.6) is 0 Å². The predicted molar refractivity (Wildman–Crippen MR) is 66.7 cm³/mol. The molecule has 108 valence electrons. The first-order chi connectivity index (χ1) is 9.34. The van der Waals surface area contributed by atoms with Crippen LogP contribution in [0.3, 0.4) is 0 Å². The van der Waals surface area contributed by atoms with E-state index in [0.717, 1.165) is 12.1 Å². The summed E-state index contributed by atoms with van der Waals surface area (Å²) in [5.74, 6) is -0.483. The summed E-state index contributed by atoms with van der Waals surface area (Å²) in [5.41, 5.74) is -0.771. The van der Waals surface area contributed by atoms with Gasteiger partial charge in [0, 0.05) is 6.54 Å². The number of β-amino-alcohol motifs (C(OH)–C–C–N with tert-alkyl or cyclic N) is 1. The van der Waals surface area contributed by atoms with Crippen molar-refractivity contribution in [2.24, 2.45) is 0 Å². The van der Waals surface area contributed by atoms with Crippen molar-refractivity contribution >= 4 is 5.91 Å². The molecule has 2 rings (SSSR count). The van der Waals surface area contributed by atoms with Crippen LogP contribution in [0.2, 0.25) is 0 Å². The van der Waals surface area contributed by atoms with Crippen LogP contribution < -0.4 is 0 Å². The molecule has 1 heterocycles. The van der Waals surface area contributed by atoms with Crippen molar-refractivity contribution in [3.8, 4) is 0 Å². The fourth-order valence-corrected chi connectivity index (χ4v) is 2.52. The number of amides is 1.